The lowest BCUT2D eigenvalue weighted by Gasteiger charge is -2.29. The molecule has 2 aromatic rings. The van der Waals surface area contributed by atoms with Crippen molar-refractivity contribution in [1.82, 2.24) is 4.90 Å². The Labute approximate surface area is 222 Å². The lowest BCUT2D eigenvalue weighted by atomic mass is 9.84. The average molecular weight is 531 g/mol. The molecule has 0 saturated heterocycles. The maximum atomic E-state index is 13.2. The molecule has 1 atom stereocenters. The summed E-state index contributed by atoms with van der Waals surface area (Å²) in [6, 6.07) is 13.5. The van der Waals surface area contributed by atoms with Gasteiger partial charge in [0, 0.05) is 0 Å². The molecule has 0 spiro atoms. The van der Waals surface area contributed by atoms with Gasteiger partial charge in [0.05, 0.1) is 48.1 Å². The Kier molecular flexibility index (Phi) is 11.6. The minimum atomic E-state index is -1.21. The van der Waals surface area contributed by atoms with Crippen LogP contribution < -0.4 is 5.73 Å². The van der Waals surface area contributed by atoms with Gasteiger partial charge in [-0.05, 0) is 42.5 Å². The lowest BCUT2D eigenvalue weighted by Crippen LogP contribution is -2.50. The number of amides is 2. The van der Waals surface area contributed by atoms with Crippen LogP contribution in [0.15, 0.2) is 48.5 Å². The second kappa shape index (κ2) is 14.1. The molecular formula is C28H38N2O8. The number of aromatic carboxylic acids is 1. The normalized spacial score (nSPS) is 16.3. The SMILES string of the molecule is NC(CO)(CO)CO.O.O=C(O)c1ccc2c(c1)C(=O)N([C@H](CCC1CCCCC1)c1ccccc1)C2=O. The number of aliphatic hydroxyl groups excluding tert-OH is 3. The highest BCUT2D eigenvalue weighted by atomic mass is 16.4. The monoisotopic (exact) mass is 530 g/mol. The van der Waals surface area contributed by atoms with Crippen molar-refractivity contribution in [3.63, 3.8) is 0 Å². The van der Waals surface area contributed by atoms with E-state index in [9.17, 15) is 19.5 Å². The molecule has 10 heteroatoms. The number of benzene rings is 2. The number of nitrogens with zero attached hydrogens (tertiary/aromatic N) is 1. The molecule has 38 heavy (non-hydrogen) atoms. The number of rotatable bonds is 9. The van der Waals surface area contributed by atoms with Crippen LogP contribution in [0.5, 0.6) is 0 Å². The fraction of sp³-hybridized carbons (Fsp3) is 0.464. The summed E-state index contributed by atoms with van der Waals surface area (Å²) >= 11 is 0. The molecule has 1 heterocycles. The highest BCUT2D eigenvalue weighted by Gasteiger charge is 2.41. The number of hydrogen-bond acceptors (Lipinski definition) is 7. The Hall–Kier alpha value is -3.15. The number of fused-ring (bicyclic) bond motifs is 1. The molecule has 0 radical (unpaired) electrons. The molecule has 0 bridgehead atoms. The third kappa shape index (κ3) is 7.24. The van der Waals surface area contributed by atoms with E-state index in [1.807, 2.05) is 30.3 Å². The molecule has 0 aromatic heterocycles. The lowest BCUT2D eigenvalue weighted by molar-refractivity contribution is 0.0565. The highest BCUT2D eigenvalue weighted by molar-refractivity contribution is 6.22. The smallest absolute Gasteiger partial charge is 0.335 e. The number of carbonyl (C=O) groups is 3. The van der Waals surface area contributed by atoms with Crippen molar-refractivity contribution in [3.05, 3.63) is 70.8 Å². The number of carboxylic acids is 1. The first-order chi connectivity index (χ1) is 17.7. The fourth-order valence-electron chi connectivity index (χ4n) is 4.81. The Balaban J connectivity index is 0.000000493. The van der Waals surface area contributed by atoms with Crippen LogP contribution in [-0.4, -0.2) is 73.9 Å². The molecule has 4 rings (SSSR count). The van der Waals surface area contributed by atoms with E-state index >= 15 is 0 Å². The van der Waals surface area contributed by atoms with Gasteiger partial charge >= 0.3 is 5.97 Å². The molecule has 1 aliphatic carbocycles. The third-order valence-electron chi connectivity index (χ3n) is 7.18. The van der Waals surface area contributed by atoms with Gasteiger partial charge in [0.25, 0.3) is 11.8 Å². The van der Waals surface area contributed by atoms with Gasteiger partial charge in [-0.2, -0.15) is 0 Å². The summed E-state index contributed by atoms with van der Waals surface area (Å²) in [5.41, 5.74) is 5.38. The zero-order valence-electron chi connectivity index (χ0n) is 21.4. The summed E-state index contributed by atoms with van der Waals surface area (Å²) in [6.45, 7) is -1.21. The molecule has 1 aliphatic heterocycles. The van der Waals surface area contributed by atoms with Crippen molar-refractivity contribution in [2.75, 3.05) is 19.8 Å². The molecule has 10 nitrogen and oxygen atoms in total. The summed E-state index contributed by atoms with van der Waals surface area (Å²) in [4.78, 5) is 38.9. The van der Waals surface area contributed by atoms with Crippen LogP contribution in [0.25, 0.3) is 0 Å². The van der Waals surface area contributed by atoms with E-state index in [-0.39, 0.29) is 28.6 Å². The molecule has 1 fully saturated rings. The van der Waals surface area contributed by atoms with E-state index in [1.54, 1.807) is 0 Å². The van der Waals surface area contributed by atoms with Gasteiger partial charge in [0.1, 0.15) is 0 Å². The minimum Gasteiger partial charge on any atom is -0.478 e. The summed E-state index contributed by atoms with van der Waals surface area (Å²) in [7, 11) is 0. The average Bonchev–Trinajstić information content (AvgIpc) is 3.19. The van der Waals surface area contributed by atoms with Crippen LogP contribution in [0.1, 0.15) is 87.6 Å². The zero-order valence-corrected chi connectivity index (χ0v) is 21.4. The summed E-state index contributed by atoms with van der Waals surface area (Å²) in [5.74, 6) is -1.20. The number of nitrogens with two attached hydrogens (primary N) is 1. The molecule has 2 amide bonds. The fourth-order valence-corrected chi connectivity index (χ4v) is 4.81. The zero-order chi connectivity index (χ0) is 27.0. The Morgan fingerprint density at radius 3 is 2.03 bits per heavy atom. The van der Waals surface area contributed by atoms with Gasteiger partial charge < -0.3 is 31.6 Å². The second-order valence-electron chi connectivity index (χ2n) is 9.89. The molecule has 8 N–H and O–H groups in total. The van der Waals surface area contributed by atoms with Crippen LogP contribution in [0, 0.1) is 5.92 Å². The van der Waals surface area contributed by atoms with Crippen LogP contribution in [0.4, 0.5) is 0 Å². The van der Waals surface area contributed by atoms with Gasteiger partial charge in [-0.15, -0.1) is 0 Å². The van der Waals surface area contributed by atoms with E-state index in [4.69, 9.17) is 21.1 Å². The highest BCUT2D eigenvalue weighted by Crippen LogP contribution is 2.37. The van der Waals surface area contributed by atoms with Gasteiger partial charge in [-0.3, -0.25) is 14.5 Å². The standard InChI is InChI=1S/C24H25NO4.C4H11NO3.H2O/c26-22-19-13-12-18(24(28)29)15-20(19)23(27)25(22)21(17-9-5-2-6-10-17)14-11-16-7-3-1-4-8-16;5-4(1-6,2-7)3-8;/h2,5-6,9-10,12-13,15-16,21H,1,3-4,7-8,11,14H2,(H,28,29);6-8H,1-3,5H2;1H2/t21-;;/m1../s1. The van der Waals surface area contributed by atoms with Gasteiger partial charge in [-0.1, -0.05) is 62.4 Å². The number of aliphatic hydroxyl groups is 3. The van der Waals surface area contributed by atoms with Crippen molar-refractivity contribution in [1.29, 1.82) is 0 Å². The first kappa shape index (κ1) is 31.1. The topological polar surface area (TPSA) is 193 Å². The first-order valence-corrected chi connectivity index (χ1v) is 12.7. The van der Waals surface area contributed by atoms with Crippen LogP contribution in [0.3, 0.4) is 0 Å². The van der Waals surface area contributed by atoms with Crippen LogP contribution in [0.2, 0.25) is 0 Å². The Morgan fingerprint density at radius 1 is 0.921 bits per heavy atom. The van der Waals surface area contributed by atoms with Crippen LogP contribution >= 0.6 is 0 Å². The molecule has 208 valence electrons. The van der Waals surface area contributed by atoms with E-state index in [1.165, 1.54) is 55.2 Å². The summed E-state index contributed by atoms with van der Waals surface area (Å²) < 4.78 is 0. The van der Waals surface area contributed by atoms with Crippen molar-refractivity contribution in [2.24, 2.45) is 11.7 Å². The number of carbonyl (C=O) groups excluding carboxylic acids is 2. The summed E-state index contributed by atoms with van der Waals surface area (Å²) in [5, 5.41) is 34.3. The van der Waals surface area contributed by atoms with Crippen molar-refractivity contribution in [2.45, 2.75) is 56.5 Å². The molecule has 2 aliphatic rings. The molecule has 0 unspecified atom stereocenters. The van der Waals surface area contributed by atoms with Crippen molar-refractivity contribution < 1.29 is 40.3 Å². The molecule has 2 aromatic carbocycles. The first-order valence-electron chi connectivity index (χ1n) is 12.7. The van der Waals surface area contributed by atoms with Crippen molar-refractivity contribution in [3.8, 4) is 0 Å². The predicted octanol–water partition coefficient (Wildman–Crippen LogP) is 1.92. The maximum Gasteiger partial charge on any atom is 0.335 e. The number of imide groups is 1. The van der Waals surface area contributed by atoms with Crippen LogP contribution in [-0.2, 0) is 0 Å². The van der Waals surface area contributed by atoms with Gasteiger partial charge in [-0.25, -0.2) is 4.79 Å². The van der Waals surface area contributed by atoms with Gasteiger partial charge in [0.2, 0.25) is 0 Å². The Morgan fingerprint density at radius 2 is 1.50 bits per heavy atom. The summed E-state index contributed by atoms with van der Waals surface area (Å²) in [6.07, 6.45) is 7.94. The maximum absolute atomic E-state index is 13.2. The van der Waals surface area contributed by atoms with Crippen molar-refractivity contribution >= 4 is 17.8 Å². The van der Waals surface area contributed by atoms with E-state index in [0.29, 0.717) is 11.5 Å². The largest absolute Gasteiger partial charge is 0.478 e. The molecule has 1 saturated carbocycles. The third-order valence-corrected chi connectivity index (χ3v) is 7.18. The minimum absolute atomic E-state index is 0. The van der Waals surface area contributed by atoms with E-state index in [2.05, 4.69) is 0 Å². The van der Waals surface area contributed by atoms with Gasteiger partial charge in [0.15, 0.2) is 0 Å². The Bertz CT molecular complexity index is 1070. The number of hydrogen-bond donors (Lipinski definition) is 5. The van der Waals surface area contributed by atoms with E-state index < -0.39 is 37.2 Å². The molecular weight excluding hydrogens is 492 g/mol. The van der Waals surface area contributed by atoms with E-state index in [0.717, 1.165) is 18.4 Å². The number of carboxylic acid groups (broad SMARTS) is 1. The predicted molar refractivity (Wildman–Crippen MR) is 141 cm³/mol. The second-order valence-corrected chi connectivity index (χ2v) is 9.89. The quantitative estimate of drug-likeness (QED) is 0.303.